The van der Waals surface area contributed by atoms with Gasteiger partial charge in [-0.3, -0.25) is 0 Å². The standard InChI is InChI=1S/C17H18FNO/c1-12(20)14-8-9-17(15(18)11-14)19-10-4-6-13-5-2-3-7-16(13)19/h2-3,5,7-9,11-12,20H,4,6,10H2,1H3/t12-/m1/s1. The Morgan fingerprint density at radius 3 is 2.70 bits per heavy atom. The third kappa shape index (κ3) is 2.29. The molecule has 1 N–H and O–H groups in total. The van der Waals surface area contributed by atoms with E-state index in [0.29, 0.717) is 11.3 Å². The lowest BCUT2D eigenvalue weighted by atomic mass is 10.0. The zero-order valence-corrected chi connectivity index (χ0v) is 11.5. The Hall–Kier alpha value is -1.87. The zero-order chi connectivity index (χ0) is 14.1. The van der Waals surface area contributed by atoms with E-state index in [4.69, 9.17) is 0 Å². The molecule has 0 saturated heterocycles. The zero-order valence-electron chi connectivity index (χ0n) is 11.5. The Kier molecular flexibility index (Phi) is 3.45. The van der Waals surface area contributed by atoms with Crippen LogP contribution in [0.3, 0.4) is 0 Å². The van der Waals surface area contributed by atoms with Crippen molar-refractivity contribution in [3.8, 4) is 0 Å². The van der Waals surface area contributed by atoms with Crippen molar-refractivity contribution in [1.29, 1.82) is 0 Å². The molecular weight excluding hydrogens is 253 g/mol. The summed E-state index contributed by atoms with van der Waals surface area (Å²) in [7, 11) is 0. The van der Waals surface area contributed by atoms with Gasteiger partial charge in [0, 0.05) is 12.2 Å². The maximum absolute atomic E-state index is 14.3. The van der Waals surface area contributed by atoms with Gasteiger partial charge in [0.15, 0.2) is 0 Å². The Bertz CT molecular complexity index is 624. The fraction of sp³-hybridized carbons (Fsp3) is 0.294. The highest BCUT2D eigenvalue weighted by Gasteiger charge is 2.20. The molecule has 3 heteroatoms. The van der Waals surface area contributed by atoms with Gasteiger partial charge in [-0.15, -0.1) is 0 Å². The van der Waals surface area contributed by atoms with Crippen LogP contribution in [-0.4, -0.2) is 11.7 Å². The number of halogens is 1. The fourth-order valence-electron chi connectivity index (χ4n) is 2.79. The first kappa shape index (κ1) is 13.1. The summed E-state index contributed by atoms with van der Waals surface area (Å²) >= 11 is 0. The minimum absolute atomic E-state index is 0.278. The van der Waals surface area contributed by atoms with Gasteiger partial charge in [-0.2, -0.15) is 0 Å². The van der Waals surface area contributed by atoms with E-state index in [9.17, 15) is 9.50 Å². The lowest BCUT2D eigenvalue weighted by Gasteiger charge is -2.31. The lowest BCUT2D eigenvalue weighted by Crippen LogP contribution is -2.25. The van der Waals surface area contributed by atoms with Crippen LogP contribution in [0.4, 0.5) is 15.8 Å². The molecule has 1 aliphatic rings. The quantitative estimate of drug-likeness (QED) is 0.893. The number of aliphatic hydroxyl groups excluding tert-OH is 1. The Morgan fingerprint density at radius 1 is 1.15 bits per heavy atom. The van der Waals surface area contributed by atoms with Crippen LogP contribution in [0.25, 0.3) is 0 Å². The number of aliphatic hydroxyl groups is 1. The summed E-state index contributed by atoms with van der Waals surface area (Å²) in [5, 5.41) is 9.53. The average Bonchev–Trinajstić information content (AvgIpc) is 2.46. The number of benzene rings is 2. The van der Waals surface area contributed by atoms with Crippen molar-refractivity contribution in [2.24, 2.45) is 0 Å². The predicted octanol–water partition coefficient (Wildman–Crippen LogP) is 3.96. The number of anilines is 2. The van der Waals surface area contributed by atoms with E-state index in [1.807, 2.05) is 23.1 Å². The number of fused-ring (bicyclic) bond motifs is 1. The molecule has 2 aromatic rings. The number of para-hydroxylation sites is 1. The van der Waals surface area contributed by atoms with Crippen LogP contribution in [0.5, 0.6) is 0 Å². The summed E-state index contributed by atoms with van der Waals surface area (Å²) in [5.41, 5.74) is 3.54. The first-order valence-corrected chi connectivity index (χ1v) is 7.00. The number of rotatable bonds is 2. The molecule has 20 heavy (non-hydrogen) atoms. The Morgan fingerprint density at radius 2 is 1.95 bits per heavy atom. The lowest BCUT2D eigenvalue weighted by molar-refractivity contribution is 0.199. The second-order valence-corrected chi connectivity index (χ2v) is 5.27. The molecule has 0 aromatic heterocycles. The molecule has 0 amide bonds. The molecule has 0 saturated carbocycles. The molecule has 1 aliphatic heterocycles. The van der Waals surface area contributed by atoms with Crippen molar-refractivity contribution >= 4 is 11.4 Å². The summed E-state index contributed by atoms with van der Waals surface area (Å²) in [6.45, 7) is 2.46. The second-order valence-electron chi connectivity index (χ2n) is 5.27. The van der Waals surface area contributed by atoms with Crippen LogP contribution in [-0.2, 0) is 6.42 Å². The van der Waals surface area contributed by atoms with E-state index < -0.39 is 6.10 Å². The summed E-state index contributed by atoms with van der Waals surface area (Å²) in [6, 6.07) is 13.1. The van der Waals surface area contributed by atoms with E-state index in [2.05, 4.69) is 6.07 Å². The third-order valence-corrected chi connectivity index (χ3v) is 3.86. The Labute approximate surface area is 118 Å². The van der Waals surface area contributed by atoms with Crippen molar-refractivity contribution in [2.45, 2.75) is 25.9 Å². The highest BCUT2D eigenvalue weighted by atomic mass is 19.1. The largest absolute Gasteiger partial charge is 0.389 e. The molecule has 0 unspecified atom stereocenters. The minimum Gasteiger partial charge on any atom is -0.389 e. The second kappa shape index (κ2) is 5.25. The molecule has 2 nitrogen and oxygen atoms in total. The average molecular weight is 271 g/mol. The normalized spacial score (nSPS) is 15.8. The van der Waals surface area contributed by atoms with Crippen LogP contribution in [0.1, 0.15) is 30.6 Å². The highest BCUT2D eigenvalue weighted by Crippen LogP contribution is 2.35. The molecular formula is C17H18FNO. The van der Waals surface area contributed by atoms with Crippen molar-refractivity contribution < 1.29 is 9.50 Å². The van der Waals surface area contributed by atoms with Gasteiger partial charge in [0.05, 0.1) is 11.8 Å². The molecule has 3 rings (SSSR count). The maximum Gasteiger partial charge on any atom is 0.147 e. The van der Waals surface area contributed by atoms with Crippen molar-refractivity contribution in [3.63, 3.8) is 0 Å². The molecule has 0 spiro atoms. The van der Waals surface area contributed by atoms with E-state index in [-0.39, 0.29) is 5.82 Å². The topological polar surface area (TPSA) is 23.5 Å². The van der Waals surface area contributed by atoms with Gasteiger partial charge in [0.25, 0.3) is 0 Å². The van der Waals surface area contributed by atoms with Crippen LogP contribution >= 0.6 is 0 Å². The minimum atomic E-state index is -0.646. The predicted molar refractivity (Wildman–Crippen MR) is 78.8 cm³/mol. The van der Waals surface area contributed by atoms with Gasteiger partial charge in [-0.05, 0) is 49.1 Å². The van der Waals surface area contributed by atoms with Gasteiger partial charge >= 0.3 is 0 Å². The fourth-order valence-corrected chi connectivity index (χ4v) is 2.79. The monoisotopic (exact) mass is 271 g/mol. The molecule has 104 valence electrons. The van der Waals surface area contributed by atoms with Gasteiger partial charge in [-0.25, -0.2) is 4.39 Å². The summed E-state index contributed by atoms with van der Waals surface area (Å²) < 4.78 is 14.3. The molecule has 0 aliphatic carbocycles. The van der Waals surface area contributed by atoms with E-state index in [1.165, 1.54) is 11.6 Å². The molecule has 1 atom stereocenters. The number of aryl methyl sites for hydroxylation is 1. The van der Waals surface area contributed by atoms with Crippen molar-refractivity contribution in [2.75, 3.05) is 11.4 Å². The third-order valence-electron chi connectivity index (χ3n) is 3.86. The first-order valence-electron chi connectivity index (χ1n) is 7.00. The SMILES string of the molecule is C[C@@H](O)c1ccc(N2CCCc3ccccc32)c(F)c1. The Balaban J connectivity index is 2.02. The van der Waals surface area contributed by atoms with Crippen molar-refractivity contribution in [1.82, 2.24) is 0 Å². The highest BCUT2D eigenvalue weighted by molar-refractivity contribution is 5.68. The van der Waals surface area contributed by atoms with Crippen LogP contribution < -0.4 is 4.90 Å². The van der Waals surface area contributed by atoms with Gasteiger partial charge in [0.2, 0.25) is 0 Å². The molecule has 2 aromatic carbocycles. The van der Waals surface area contributed by atoms with Gasteiger partial charge < -0.3 is 10.0 Å². The first-order chi connectivity index (χ1) is 9.66. The van der Waals surface area contributed by atoms with E-state index >= 15 is 0 Å². The van der Waals surface area contributed by atoms with Crippen LogP contribution in [0, 0.1) is 5.82 Å². The summed E-state index contributed by atoms with van der Waals surface area (Å²) in [4.78, 5) is 2.03. The maximum atomic E-state index is 14.3. The van der Waals surface area contributed by atoms with Gasteiger partial charge in [-0.1, -0.05) is 24.3 Å². The smallest absolute Gasteiger partial charge is 0.147 e. The molecule has 0 bridgehead atoms. The summed E-state index contributed by atoms with van der Waals surface area (Å²) in [6.07, 6.45) is 1.42. The number of nitrogens with zero attached hydrogens (tertiary/aromatic N) is 1. The van der Waals surface area contributed by atoms with Crippen LogP contribution in [0.2, 0.25) is 0 Å². The summed E-state index contributed by atoms with van der Waals surface area (Å²) in [5.74, 6) is -0.278. The molecule has 0 fully saturated rings. The van der Waals surface area contributed by atoms with Crippen LogP contribution in [0.15, 0.2) is 42.5 Å². The van der Waals surface area contributed by atoms with Gasteiger partial charge in [0.1, 0.15) is 5.82 Å². The van der Waals surface area contributed by atoms with E-state index in [0.717, 1.165) is 25.1 Å². The number of hydrogen-bond acceptors (Lipinski definition) is 2. The van der Waals surface area contributed by atoms with Crippen molar-refractivity contribution in [3.05, 3.63) is 59.4 Å². The molecule has 0 radical (unpaired) electrons. The number of hydrogen-bond donors (Lipinski definition) is 1. The van der Waals surface area contributed by atoms with E-state index in [1.54, 1.807) is 19.1 Å². The molecule has 1 heterocycles.